The Morgan fingerprint density at radius 1 is 1.38 bits per heavy atom. The van der Waals surface area contributed by atoms with Gasteiger partial charge < -0.3 is 5.73 Å². The average Bonchev–Trinajstić information content (AvgIpc) is 1.61. The maximum atomic E-state index is 9.86. The van der Waals surface area contributed by atoms with E-state index in [0.717, 1.165) is 0 Å². The van der Waals surface area contributed by atoms with Crippen LogP contribution in [-0.4, -0.2) is 12.1 Å². The summed E-state index contributed by atoms with van der Waals surface area (Å²) in [5, 5.41) is 0. The van der Waals surface area contributed by atoms with E-state index in [1.807, 2.05) is 10.9 Å². The number of carbonyl (C=O) groups is 2. The van der Waals surface area contributed by atoms with Crippen LogP contribution in [0, 0.1) is 0 Å². The fraction of sp³-hybridized carbons (Fsp3) is 0. The van der Waals surface area contributed by atoms with Gasteiger partial charge in [0.2, 0.25) is 0 Å². The summed E-state index contributed by atoms with van der Waals surface area (Å²) < 4.78 is 0. The number of hydrogen-bond acceptors (Lipinski definition) is 2. The molecule has 0 aliphatic heterocycles. The Kier molecular flexibility index (Phi) is 2.35. The van der Waals surface area contributed by atoms with E-state index in [2.05, 4.69) is 11.5 Å². The minimum absolute atomic E-state index is 0.608. The van der Waals surface area contributed by atoms with Gasteiger partial charge in [-0.2, -0.15) is 0 Å². The van der Waals surface area contributed by atoms with Gasteiger partial charge in [-0.15, -0.1) is 0 Å². The Morgan fingerprint density at radius 2 is 1.88 bits per heavy atom. The van der Waals surface area contributed by atoms with E-state index in [0.29, 0.717) is 0 Å². The first-order valence-electron chi connectivity index (χ1n) is 1.80. The largest absolute Gasteiger partial charge is 0.430 e. The molecule has 4 amide bonds. The van der Waals surface area contributed by atoms with Gasteiger partial charge in [-0.25, -0.2) is 20.4 Å². The van der Waals surface area contributed by atoms with Gasteiger partial charge in [0, 0.05) is 0 Å². The minimum atomic E-state index is -0.818. The van der Waals surface area contributed by atoms with E-state index < -0.39 is 12.1 Å². The summed E-state index contributed by atoms with van der Waals surface area (Å²) in [5.41, 5.74) is 11.1. The zero-order valence-electron chi connectivity index (χ0n) is 4.10. The van der Waals surface area contributed by atoms with E-state index in [9.17, 15) is 9.59 Å². The summed E-state index contributed by atoms with van der Waals surface area (Å²) in [5.74, 6) is 0. The van der Waals surface area contributed by atoms with Crippen LogP contribution in [0.3, 0.4) is 0 Å². The van der Waals surface area contributed by atoms with Crippen LogP contribution in [-0.2, 0) is 0 Å². The molecule has 0 aliphatic rings. The maximum absolute atomic E-state index is 9.86. The SMILES string of the molecule is NC(=O)NNC([NH3+])=O. The third kappa shape index (κ3) is 4.70. The third-order valence-corrected chi connectivity index (χ3v) is 0.325. The average molecular weight is 119 g/mol. The van der Waals surface area contributed by atoms with Crippen LogP contribution in [0.4, 0.5) is 9.59 Å². The molecule has 6 nitrogen and oxygen atoms in total. The fourth-order valence-electron chi connectivity index (χ4n) is 0.131. The van der Waals surface area contributed by atoms with Crippen molar-refractivity contribution in [1.29, 1.82) is 0 Å². The van der Waals surface area contributed by atoms with Crippen LogP contribution in [0.1, 0.15) is 0 Å². The first-order chi connectivity index (χ1) is 3.63. The van der Waals surface area contributed by atoms with Crippen molar-refractivity contribution in [2.75, 3.05) is 0 Å². The predicted octanol–water partition coefficient (Wildman–Crippen LogP) is -2.48. The van der Waals surface area contributed by atoms with Crippen molar-refractivity contribution in [3.05, 3.63) is 0 Å². The molecule has 0 rings (SSSR count). The number of primary amides is 1. The molecule has 0 saturated heterocycles. The summed E-state index contributed by atoms with van der Waals surface area (Å²) in [7, 11) is 0. The number of rotatable bonds is 0. The fourth-order valence-corrected chi connectivity index (χ4v) is 0.131. The lowest BCUT2D eigenvalue weighted by atomic mass is 11.1. The second-order valence-electron chi connectivity index (χ2n) is 1.04. The molecule has 0 heterocycles. The van der Waals surface area contributed by atoms with E-state index in [-0.39, 0.29) is 0 Å². The number of quaternary nitrogens is 1. The van der Waals surface area contributed by atoms with Gasteiger partial charge in [-0.05, 0) is 0 Å². The topological polar surface area (TPSA) is 112 Å². The summed E-state index contributed by atoms with van der Waals surface area (Å²) in [6.07, 6.45) is 0. The number of nitrogens with one attached hydrogen (secondary N) is 2. The van der Waals surface area contributed by atoms with Crippen LogP contribution in [0.15, 0.2) is 0 Å². The van der Waals surface area contributed by atoms with E-state index in [1.165, 1.54) is 0 Å². The Hall–Kier alpha value is -1.30. The van der Waals surface area contributed by atoms with E-state index >= 15 is 0 Å². The normalized spacial score (nSPS) is 7.62. The number of hydrazine groups is 1. The zero-order valence-corrected chi connectivity index (χ0v) is 4.10. The number of nitrogens with two attached hydrogens (primary N) is 1. The molecule has 0 aromatic carbocycles. The summed E-state index contributed by atoms with van der Waals surface area (Å²) in [6.45, 7) is 0. The van der Waals surface area contributed by atoms with Crippen LogP contribution in [0.5, 0.6) is 0 Å². The van der Waals surface area contributed by atoms with Gasteiger partial charge in [-0.1, -0.05) is 0 Å². The van der Waals surface area contributed by atoms with Gasteiger partial charge in [0.05, 0.1) is 0 Å². The first-order valence-corrected chi connectivity index (χ1v) is 1.80. The molecule has 46 valence electrons. The molecule has 0 bridgehead atoms. The molecule has 0 radical (unpaired) electrons. The number of hydrogen-bond donors (Lipinski definition) is 4. The smallest absolute Gasteiger partial charge is 0.350 e. The summed E-state index contributed by atoms with van der Waals surface area (Å²) in [6, 6.07) is -1.43. The molecule has 0 aliphatic carbocycles. The Bertz CT molecular complexity index is 96.6. The van der Waals surface area contributed by atoms with E-state index in [4.69, 9.17) is 0 Å². The molecule has 0 unspecified atom stereocenters. The lowest BCUT2D eigenvalue weighted by Crippen LogP contribution is -2.66. The van der Waals surface area contributed by atoms with Crippen molar-refractivity contribution in [3.63, 3.8) is 0 Å². The van der Waals surface area contributed by atoms with Gasteiger partial charge in [0.15, 0.2) is 0 Å². The second kappa shape index (κ2) is 2.80. The molecule has 0 aromatic heterocycles. The molecule has 0 spiro atoms. The van der Waals surface area contributed by atoms with Gasteiger partial charge in [0.1, 0.15) is 0 Å². The first kappa shape index (κ1) is 6.70. The standard InChI is InChI=1S/C2H6N4O2/c3-1(7)5-6-2(4)8/h(H3,3,5,7)(H3,4,6,8)/p+1. The van der Waals surface area contributed by atoms with Crippen molar-refractivity contribution in [2.45, 2.75) is 0 Å². The molecule has 7 N–H and O–H groups in total. The van der Waals surface area contributed by atoms with Crippen molar-refractivity contribution in [2.24, 2.45) is 5.73 Å². The number of urea groups is 2. The highest BCUT2D eigenvalue weighted by Gasteiger charge is 1.93. The molecule has 0 saturated carbocycles. The molecule has 6 heteroatoms. The monoisotopic (exact) mass is 119 g/mol. The van der Waals surface area contributed by atoms with Gasteiger partial charge in [-0.3, -0.25) is 5.73 Å². The Morgan fingerprint density at radius 3 is 2.00 bits per heavy atom. The lowest BCUT2D eigenvalue weighted by Gasteiger charge is -1.94. The van der Waals surface area contributed by atoms with Crippen molar-refractivity contribution in [3.8, 4) is 0 Å². The van der Waals surface area contributed by atoms with Crippen molar-refractivity contribution >= 4 is 12.1 Å². The van der Waals surface area contributed by atoms with Crippen molar-refractivity contribution in [1.82, 2.24) is 10.9 Å². The predicted molar refractivity (Wildman–Crippen MR) is 24.1 cm³/mol. The number of amides is 4. The Labute approximate surface area is 45.2 Å². The van der Waals surface area contributed by atoms with Crippen molar-refractivity contribution < 1.29 is 15.3 Å². The molecule has 0 aromatic rings. The van der Waals surface area contributed by atoms with E-state index in [1.54, 1.807) is 0 Å². The summed E-state index contributed by atoms with van der Waals surface area (Å²) in [4.78, 5) is 19.6. The molecular weight excluding hydrogens is 112 g/mol. The highest BCUT2D eigenvalue weighted by atomic mass is 16.2. The Balaban J connectivity index is 3.18. The number of carbonyl (C=O) groups excluding carboxylic acids is 2. The minimum Gasteiger partial charge on any atom is -0.350 e. The third-order valence-electron chi connectivity index (χ3n) is 0.325. The van der Waals surface area contributed by atoms with Crippen LogP contribution in [0.2, 0.25) is 0 Å². The highest BCUT2D eigenvalue weighted by Crippen LogP contribution is 1.46. The maximum Gasteiger partial charge on any atom is 0.430 e. The van der Waals surface area contributed by atoms with Crippen LogP contribution >= 0.6 is 0 Å². The molecule has 0 atom stereocenters. The van der Waals surface area contributed by atoms with Gasteiger partial charge in [0.25, 0.3) is 0 Å². The molecule has 8 heavy (non-hydrogen) atoms. The lowest BCUT2D eigenvalue weighted by molar-refractivity contribution is -0.251. The molecule has 0 fully saturated rings. The second-order valence-corrected chi connectivity index (χ2v) is 1.04. The highest BCUT2D eigenvalue weighted by molar-refractivity contribution is 5.74. The van der Waals surface area contributed by atoms with Crippen LogP contribution in [0.25, 0.3) is 0 Å². The summed E-state index contributed by atoms with van der Waals surface area (Å²) >= 11 is 0. The quantitative estimate of drug-likeness (QED) is 0.265. The van der Waals surface area contributed by atoms with Crippen LogP contribution < -0.4 is 22.3 Å². The zero-order chi connectivity index (χ0) is 6.57. The molecular formula is C2H7N4O2+. The van der Waals surface area contributed by atoms with Gasteiger partial charge >= 0.3 is 12.1 Å².